The molecule has 0 aromatic heterocycles. The topological polar surface area (TPSA) is 24.5 Å². The van der Waals surface area contributed by atoms with Crippen molar-refractivity contribution in [2.45, 2.75) is 44.8 Å². The fraction of sp³-hybridized carbons (Fsp3) is 1.00. The van der Waals surface area contributed by atoms with Gasteiger partial charge in [0.15, 0.2) is 0 Å². The Hall–Kier alpha value is -0.120. The molecule has 3 nitrogen and oxygen atoms in total. The first kappa shape index (κ1) is 12.3. The summed E-state index contributed by atoms with van der Waals surface area (Å²) in [5.74, 6) is 0.813. The number of ether oxygens (including phenoxy) is 1. The molecule has 2 heterocycles. The van der Waals surface area contributed by atoms with Crippen LogP contribution in [0.15, 0.2) is 0 Å². The van der Waals surface area contributed by atoms with Gasteiger partial charge in [0.25, 0.3) is 0 Å². The van der Waals surface area contributed by atoms with Gasteiger partial charge in [-0.05, 0) is 45.2 Å². The molecule has 3 unspecified atom stereocenters. The first-order valence-electron chi connectivity index (χ1n) is 6.78. The van der Waals surface area contributed by atoms with Crippen molar-refractivity contribution in [3.05, 3.63) is 0 Å². The quantitative estimate of drug-likeness (QED) is 0.789. The third kappa shape index (κ3) is 3.44. The average Bonchev–Trinajstić information content (AvgIpc) is 2.30. The highest BCUT2D eigenvalue weighted by Crippen LogP contribution is 2.18. The number of likely N-dealkylation sites (N-methyl/N-ethyl adjacent to an activating group) is 1. The van der Waals surface area contributed by atoms with E-state index in [9.17, 15) is 0 Å². The minimum Gasteiger partial charge on any atom is -0.377 e. The van der Waals surface area contributed by atoms with E-state index in [2.05, 4.69) is 24.2 Å². The van der Waals surface area contributed by atoms with Gasteiger partial charge in [0.05, 0.1) is 6.10 Å². The normalized spacial score (nSPS) is 36.6. The Morgan fingerprint density at radius 1 is 1.31 bits per heavy atom. The summed E-state index contributed by atoms with van der Waals surface area (Å²) in [6.45, 7) is 6.75. The molecular weight excluding hydrogens is 200 g/mol. The molecule has 2 saturated heterocycles. The van der Waals surface area contributed by atoms with Crippen LogP contribution in [0.1, 0.15) is 32.6 Å². The van der Waals surface area contributed by atoms with Crippen LogP contribution in [-0.2, 0) is 4.74 Å². The second-order valence-electron chi connectivity index (χ2n) is 5.58. The minimum atomic E-state index is 0.482. The number of rotatable bonds is 3. The van der Waals surface area contributed by atoms with E-state index in [4.69, 9.17) is 4.74 Å². The SMILES string of the molecule is CC1CNCC(N(C)CC2CCCCO2)C1. The third-order valence-electron chi connectivity index (χ3n) is 3.94. The van der Waals surface area contributed by atoms with Crippen molar-refractivity contribution in [3.63, 3.8) is 0 Å². The van der Waals surface area contributed by atoms with E-state index in [1.54, 1.807) is 0 Å². The summed E-state index contributed by atoms with van der Waals surface area (Å²) in [5.41, 5.74) is 0. The van der Waals surface area contributed by atoms with Crippen molar-refractivity contribution in [1.82, 2.24) is 10.2 Å². The molecule has 0 radical (unpaired) electrons. The van der Waals surface area contributed by atoms with Gasteiger partial charge in [0, 0.05) is 25.7 Å². The molecule has 0 saturated carbocycles. The van der Waals surface area contributed by atoms with E-state index in [0.29, 0.717) is 12.1 Å². The molecule has 2 aliphatic rings. The number of hydrogen-bond acceptors (Lipinski definition) is 3. The van der Waals surface area contributed by atoms with Crippen LogP contribution in [0.5, 0.6) is 0 Å². The fourth-order valence-electron chi connectivity index (χ4n) is 2.88. The zero-order valence-corrected chi connectivity index (χ0v) is 10.7. The highest BCUT2D eigenvalue weighted by molar-refractivity contribution is 4.81. The predicted molar refractivity (Wildman–Crippen MR) is 66.7 cm³/mol. The van der Waals surface area contributed by atoms with E-state index in [0.717, 1.165) is 25.6 Å². The number of piperidine rings is 1. The van der Waals surface area contributed by atoms with Gasteiger partial charge in [-0.2, -0.15) is 0 Å². The van der Waals surface area contributed by atoms with Gasteiger partial charge < -0.3 is 10.1 Å². The molecule has 0 aromatic rings. The molecule has 0 aromatic carbocycles. The average molecular weight is 226 g/mol. The minimum absolute atomic E-state index is 0.482. The maximum atomic E-state index is 5.80. The monoisotopic (exact) mass is 226 g/mol. The van der Waals surface area contributed by atoms with Crippen LogP contribution >= 0.6 is 0 Å². The number of hydrogen-bond donors (Lipinski definition) is 1. The van der Waals surface area contributed by atoms with Crippen LogP contribution in [-0.4, -0.2) is 50.3 Å². The van der Waals surface area contributed by atoms with Crippen LogP contribution < -0.4 is 5.32 Å². The Balaban J connectivity index is 1.75. The zero-order chi connectivity index (χ0) is 11.4. The molecule has 2 aliphatic heterocycles. The molecule has 0 amide bonds. The molecule has 0 spiro atoms. The summed E-state index contributed by atoms with van der Waals surface area (Å²) >= 11 is 0. The van der Waals surface area contributed by atoms with E-state index >= 15 is 0 Å². The Morgan fingerprint density at radius 3 is 2.88 bits per heavy atom. The standard InChI is InChI=1S/C13H26N2O/c1-11-7-12(9-14-8-11)15(2)10-13-5-3-4-6-16-13/h11-14H,3-10H2,1-2H3. The van der Waals surface area contributed by atoms with Gasteiger partial charge in [0.1, 0.15) is 0 Å². The number of nitrogens with one attached hydrogen (secondary N) is 1. The van der Waals surface area contributed by atoms with Crippen LogP contribution in [0, 0.1) is 5.92 Å². The molecule has 2 fully saturated rings. The maximum absolute atomic E-state index is 5.80. The van der Waals surface area contributed by atoms with Crippen molar-refractivity contribution >= 4 is 0 Å². The lowest BCUT2D eigenvalue weighted by atomic mass is 9.96. The maximum Gasteiger partial charge on any atom is 0.0702 e. The predicted octanol–water partition coefficient (Wildman–Crippen LogP) is 1.49. The van der Waals surface area contributed by atoms with E-state index in [-0.39, 0.29) is 0 Å². The van der Waals surface area contributed by atoms with Gasteiger partial charge in [-0.1, -0.05) is 6.92 Å². The van der Waals surface area contributed by atoms with E-state index in [1.807, 2.05) is 0 Å². The first-order valence-corrected chi connectivity index (χ1v) is 6.78. The van der Waals surface area contributed by atoms with Gasteiger partial charge in [-0.3, -0.25) is 4.90 Å². The molecular formula is C13H26N2O. The summed E-state index contributed by atoms with van der Waals surface area (Å²) < 4.78 is 5.80. The molecule has 2 rings (SSSR count). The highest BCUT2D eigenvalue weighted by Gasteiger charge is 2.24. The zero-order valence-electron chi connectivity index (χ0n) is 10.7. The smallest absolute Gasteiger partial charge is 0.0702 e. The van der Waals surface area contributed by atoms with Crippen molar-refractivity contribution < 1.29 is 4.74 Å². The Morgan fingerprint density at radius 2 is 2.19 bits per heavy atom. The first-order chi connectivity index (χ1) is 7.75. The van der Waals surface area contributed by atoms with E-state index < -0.39 is 0 Å². The van der Waals surface area contributed by atoms with Gasteiger partial charge in [0.2, 0.25) is 0 Å². The molecule has 0 aliphatic carbocycles. The largest absolute Gasteiger partial charge is 0.377 e. The van der Waals surface area contributed by atoms with Crippen LogP contribution in [0.2, 0.25) is 0 Å². The lowest BCUT2D eigenvalue weighted by Gasteiger charge is -2.37. The van der Waals surface area contributed by atoms with Gasteiger partial charge in [-0.25, -0.2) is 0 Å². The lowest BCUT2D eigenvalue weighted by molar-refractivity contribution is -0.0112. The van der Waals surface area contributed by atoms with Crippen molar-refractivity contribution in [1.29, 1.82) is 0 Å². The summed E-state index contributed by atoms with van der Waals surface area (Å²) in [7, 11) is 2.25. The lowest BCUT2D eigenvalue weighted by Crippen LogP contribution is -2.49. The Bertz CT molecular complexity index is 204. The molecule has 3 heteroatoms. The molecule has 0 bridgehead atoms. The molecule has 94 valence electrons. The molecule has 16 heavy (non-hydrogen) atoms. The van der Waals surface area contributed by atoms with Crippen LogP contribution in [0.4, 0.5) is 0 Å². The highest BCUT2D eigenvalue weighted by atomic mass is 16.5. The fourth-order valence-corrected chi connectivity index (χ4v) is 2.88. The Kier molecular flexibility index (Phi) is 4.62. The molecule has 3 atom stereocenters. The van der Waals surface area contributed by atoms with E-state index in [1.165, 1.54) is 32.2 Å². The summed E-state index contributed by atoms with van der Waals surface area (Å²) in [5, 5.41) is 3.52. The summed E-state index contributed by atoms with van der Waals surface area (Å²) in [6, 6.07) is 0.703. The van der Waals surface area contributed by atoms with Crippen molar-refractivity contribution in [3.8, 4) is 0 Å². The van der Waals surface area contributed by atoms with Crippen LogP contribution in [0.3, 0.4) is 0 Å². The number of nitrogens with zero attached hydrogens (tertiary/aromatic N) is 1. The van der Waals surface area contributed by atoms with Gasteiger partial charge in [-0.15, -0.1) is 0 Å². The van der Waals surface area contributed by atoms with Gasteiger partial charge >= 0.3 is 0 Å². The third-order valence-corrected chi connectivity index (χ3v) is 3.94. The summed E-state index contributed by atoms with van der Waals surface area (Å²) in [4.78, 5) is 2.50. The second-order valence-corrected chi connectivity index (χ2v) is 5.58. The van der Waals surface area contributed by atoms with Crippen molar-refractivity contribution in [2.24, 2.45) is 5.92 Å². The van der Waals surface area contributed by atoms with Crippen LogP contribution in [0.25, 0.3) is 0 Å². The second kappa shape index (κ2) is 5.99. The Labute approximate surface area is 99.5 Å². The summed E-state index contributed by atoms with van der Waals surface area (Å²) in [6.07, 6.45) is 5.66. The van der Waals surface area contributed by atoms with Crippen molar-refractivity contribution in [2.75, 3.05) is 33.3 Å². The molecule has 1 N–H and O–H groups in total.